The van der Waals surface area contributed by atoms with E-state index in [0.29, 0.717) is 0 Å². The van der Waals surface area contributed by atoms with Crippen molar-refractivity contribution in [3.8, 4) is 0 Å². The van der Waals surface area contributed by atoms with Crippen LogP contribution in [-0.2, 0) is 19.2 Å². The van der Waals surface area contributed by atoms with Crippen molar-refractivity contribution in [1.82, 2.24) is 15.5 Å². The molecule has 120 valence electrons. The first-order chi connectivity index (χ1) is 9.76. The summed E-state index contributed by atoms with van der Waals surface area (Å²) in [5.74, 6) is -2.76. The molecule has 9 nitrogen and oxygen atoms in total. The van der Waals surface area contributed by atoms with Crippen LogP contribution in [0.4, 0.5) is 0 Å². The van der Waals surface area contributed by atoms with E-state index in [1.807, 2.05) is 0 Å². The number of carbonyl (C=O) groups is 4. The molecule has 10 heteroatoms. The van der Waals surface area contributed by atoms with Crippen LogP contribution in [0.3, 0.4) is 0 Å². The molecule has 5 N–H and O–H groups in total. The summed E-state index contributed by atoms with van der Waals surface area (Å²) in [6.07, 6.45) is 0. The summed E-state index contributed by atoms with van der Waals surface area (Å²) in [6.45, 7) is 0.548. The average Bonchev–Trinajstić information content (AvgIpc) is 2.40. The molecule has 3 amide bonds. The zero-order chi connectivity index (χ0) is 16.4. The fourth-order valence-electron chi connectivity index (χ4n) is 1.34. The van der Waals surface area contributed by atoms with Crippen LogP contribution in [0.15, 0.2) is 0 Å². The molecule has 0 aromatic rings. The van der Waals surface area contributed by atoms with Gasteiger partial charge in [0.05, 0.1) is 19.6 Å². The van der Waals surface area contributed by atoms with Gasteiger partial charge in [0.25, 0.3) is 0 Å². The van der Waals surface area contributed by atoms with E-state index in [1.54, 1.807) is 6.92 Å². The van der Waals surface area contributed by atoms with Gasteiger partial charge in [-0.1, -0.05) is 6.92 Å². The average molecular weight is 320 g/mol. The van der Waals surface area contributed by atoms with Crippen LogP contribution in [0.5, 0.6) is 0 Å². The molecule has 0 rings (SSSR count). The Morgan fingerprint density at radius 1 is 1.19 bits per heavy atom. The number of carboxylic acids is 1. The van der Waals surface area contributed by atoms with Gasteiger partial charge < -0.3 is 26.4 Å². The van der Waals surface area contributed by atoms with Crippen molar-refractivity contribution >= 4 is 36.3 Å². The van der Waals surface area contributed by atoms with Crippen molar-refractivity contribution in [3.05, 3.63) is 0 Å². The molecule has 0 saturated heterocycles. The molecular formula is C11H20N4O5S. The molecule has 0 fully saturated rings. The molecule has 0 aliphatic rings. The van der Waals surface area contributed by atoms with Crippen LogP contribution < -0.4 is 16.4 Å². The molecule has 0 spiro atoms. The molecule has 0 aliphatic carbocycles. The smallest absolute Gasteiger partial charge is 0.322 e. The Morgan fingerprint density at radius 3 is 2.24 bits per heavy atom. The monoisotopic (exact) mass is 320 g/mol. The van der Waals surface area contributed by atoms with Crippen molar-refractivity contribution in [1.29, 1.82) is 0 Å². The van der Waals surface area contributed by atoms with Crippen LogP contribution in [0.25, 0.3) is 0 Å². The third kappa shape index (κ3) is 9.68. The number of nitrogens with zero attached hydrogens (tertiary/aromatic N) is 1. The van der Waals surface area contributed by atoms with E-state index in [1.165, 1.54) is 4.90 Å². The van der Waals surface area contributed by atoms with E-state index < -0.39 is 30.2 Å². The van der Waals surface area contributed by atoms with Crippen LogP contribution in [0.1, 0.15) is 6.92 Å². The van der Waals surface area contributed by atoms with Crippen LogP contribution >= 0.6 is 12.6 Å². The lowest BCUT2D eigenvalue weighted by atomic mass is 10.3. The van der Waals surface area contributed by atoms with E-state index in [0.717, 1.165) is 0 Å². The predicted octanol–water partition coefficient (Wildman–Crippen LogP) is -2.59. The summed E-state index contributed by atoms with van der Waals surface area (Å²) in [6, 6.07) is 0. The highest BCUT2D eigenvalue weighted by Gasteiger charge is 2.19. The van der Waals surface area contributed by atoms with E-state index in [-0.39, 0.29) is 31.4 Å². The van der Waals surface area contributed by atoms with Crippen LogP contribution in [-0.4, -0.2) is 71.7 Å². The Balaban J connectivity index is 4.49. The van der Waals surface area contributed by atoms with Gasteiger partial charge in [0.1, 0.15) is 6.54 Å². The zero-order valence-corrected chi connectivity index (χ0v) is 12.6. The minimum atomic E-state index is -1.18. The molecule has 21 heavy (non-hydrogen) atoms. The molecule has 0 radical (unpaired) electrons. The van der Waals surface area contributed by atoms with E-state index >= 15 is 0 Å². The number of thiol groups is 1. The minimum Gasteiger partial charge on any atom is -0.480 e. The largest absolute Gasteiger partial charge is 0.480 e. The van der Waals surface area contributed by atoms with Crippen molar-refractivity contribution in [2.45, 2.75) is 12.2 Å². The highest BCUT2D eigenvalue weighted by Crippen LogP contribution is 1.99. The summed E-state index contributed by atoms with van der Waals surface area (Å²) < 4.78 is 0. The summed E-state index contributed by atoms with van der Waals surface area (Å²) in [5, 5.41) is 12.7. The second kappa shape index (κ2) is 10.00. The lowest BCUT2D eigenvalue weighted by Crippen LogP contribution is -2.48. The van der Waals surface area contributed by atoms with Crippen molar-refractivity contribution in [2.24, 2.45) is 5.73 Å². The minimum absolute atomic E-state index is 0.181. The number of nitrogens with one attached hydrogen (secondary N) is 2. The Morgan fingerprint density at radius 2 is 1.76 bits per heavy atom. The van der Waals surface area contributed by atoms with Gasteiger partial charge in [-0.15, -0.1) is 0 Å². The Hall–Kier alpha value is -1.81. The number of nitrogens with two attached hydrogens (primary N) is 1. The third-order valence-electron chi connectivity index (χ3n) is 2.23. The molecule has 0 aliphatic heterocycles. The standard InChI is InChI=1S/C11H20N4O5S/c1-7(21)5-15(6-9(17)14-4-11(19)20)10(18)3-13-8(16)2-12/h7,21H,2-6,12H2,1H3,(H,13,16)(H,14,17)(H,19,20). The van der Waals surface area contributed by atoms with Gasteiger partial charge in [-0.05, 0) is 0 Å². The van der Waals surface area contributed by atoms with Gasteiger partial charge in [-0.2, -0.15) is 12.6 Å². The molecule has 0 saturated carbocycles. The highest BCUT2D eigenvalue weighted by atomic mass is 32.1. The maximum absolute atomic E-state index is 11.9. The van der Waals surface area contributed by atoms with E-state index in [4.69, 9.17) is 10.8 Å². The van der Waals surface area contributed by atoms with Crippen molar-refractivity contribution in [2.75, 3.05) is 32.7 Å². The normalized spacial score (nSPS) is 11.4. The van der Waals surface area contributed by atoms with Crippen molar-refractivity contribution in [3.63, 3.8) is 0 Å². The summed E-state index contributed by atoms with van der Waals surface area (Å²) in [7, 11) is 0. The maximum Gasteiger partial charge on any atom is 0.322 e. The number of amides is 3. The predicted molar refractivity (Wildman–Crippen MR) is 77.7 cm³/mol. The van der Waals surface area contributed by atoms with Gasteiger partial charge in [0.15, 0.2) is 0 Å². The number of hydrogen-bond donors (Lipinski definition) is 5. The first-order valence-electron chi connectivity index (χ1n) is 6.17. The van der Waals surface area contributed by atoms with Gasteiger partial charge in [-0.25, -0.2) is 0 Å². The number of aliphatic carboxylic acids is 1. The van der Waals surface area contributed by atoms with Gasteiger partial charge in [0.2, 0.25) is 17.7 Å². The summed E-state index contributed by atoms with van der Waals surface area (Å²) in [4.78, 5) is 46.0. The fourth-order valence-corrected chi connectivity index (χ4v) is 1.53. The molecule has 0 bridgehead atoms. The number of carboxylic acid groups (broad SMARTS) is 1. The Labute approximate surface area is 127 Å². The molecule has 1 atom stereocenters. The first-order valence-corrected chi connectivity index (χ1v) is 6.69. The quantitative estimate of drug-likeness (QED) is 0.295. The third-order valence-corrected chi connectivity index (χ3v) is 2.39. The second-order valence-corrected chi connectivity index (χ2v) is 5.16. The van der Waals surface area contributed by atoms with Crippen LogP contribution in [0, 0.1) is 0 Å². The second-order valence-electron chi connectivity index (χ2n) is 4.27. The fraction of sp³-hybridized carbons (Fsp3) is 0.636. The highest BCUT2D eigenvalue weighted by molar-refractivity contribution is 7.80. The van der Waals surface area contributed by atoms with Gasteiger partial charge >= 0.3 is 5.97 Å². The van der Waals surface area contributed by atoms with E-state index in [2.05, 4.69) is 23.3 Å². The van der Waals surface area contributed by atoms with Gasteiger partial charge in [-0.3, -0.25) is 19.2 Å². The van der Waals surface area contributed by atoms with Crippen LogP contribution in [0.2, 0.25) is 0 Å². The lowest BCUT2D eigenvalue weighted by Gasteiger charge is -2.23. The summed E-state index contributed by atoms with van der Waals surface area (Å²) in [5.41, 5.74) is 5.09. The first kappa shape index (κ1) is 19.2. The number of hydrogen-bond acceptors (Lipinski definition) is 6. The maximum atomic E-state index is 11.9. The Kier molecular flexibility index (Phi) is 9.13. The molecule has 1 unspecified atom stereocenters. The lowest BCUT2D eigenvalue weighted by molar-refractivity contribution is -0.139. The molecule has 0 heterocycles. The zero-order valence-electron chi connectivity index (χ0n) is 11.7. The van der Waals surface area contributed by atoms with Crippen molar-refractivity contribution < 1.29 is 24.3 Å². The van der Waals surface area contributed by atoms with Gasteiger partial charge in [0, 0.05) is 11.8 Å². The molecular weight excluding hydrogens is 300 g/mol. The molecule has 0 aromatic carbocycles. The number of rotatable bonds is 9. The van der Waals surface area contributed by atoms with E-state index in [9.17, 15) is 19.2 Å². The topological polar surface area (TPSA) is 142 Å². The number of carbonyl (C=O) groups excluding carboxylic acids is 3. The molecule has 0 aromatic heterocycles. The summed E-state index contributed by atoms with van der Waals surface area (Å²) >= 11 is 4.14. The Bertz CT molecular complexity index is 402. The SMILES string of the molecule is CC(S)CN(CC(=O)NCC(=O)O)C(=O)CNC(=O)CN.